The molecule has 6 heteroatoms. The molecule has 2 aromatic rings. The number of hydrogen-bond donors (Lipinski definition) is 2. The normalized spacial score (nSPS) is 15.3. The molecule has 0 heterocycles. The van der Waals surface area contributed by atoms with E-state index in [0.717, 1.165) is 15.7 Å². The molecule has 0 aliphatic heterocycles. The molecule has 24 heavy (non-hydrogen) atoms. The van der Waals surface area contributed by atoms with Crippen molar-refractivity contribution in [2.45, 2.75) is 30.8 Å². The van der Waals surface area contributed by atoms with Crippen LogP contribution >= 0.6 is 19.6 Å². The van der Waals surface area contributed by atoms with E-state index in [4.69, 9.17) is 0 Å². The number of aliphatic carboxylic acids is 1. The van der Waals surface area contributed by atoms with Crippen LogP contribution in [0.25, 0.3) is 10.8 Å². The Balaban J connectivity index is 1.99. The number of thioether (sulfide) groups is 1. The van der Waals surface area contributed by atoms with E-state index >= 15 is 0 Å². The Bertz CT molecular complexity index is 747. The van der Waals surface area contributed by atoms with Crippen LogP contribution in [0.15, 0.2) is 47.4 Å². The third-order valence-corrected chi connectivity index (χ3v) is 7.19. The fraction of sp³-hybridized carbons (Fsp3) is 0.389. The molecule has 0 amide bonds. The molecule has 4 nitrogen and oxygen atoms in total. The molecule has 2 N–H and O–H groups in total. The molecule has 0 aliphatic rings. The monoisotopic (exact) mass is 366 g/mol. The summed E-state index contributed by atoms with van der Waals surface area (Å²) in [5.41, 5.74) is -1.56. The average molecular weight is 366 g/mol. The Morgan fingerprint density at radius 3 is 2.50 bits per heavy atom. The standard InChI is InChI=1S/C18H23O4PS/c1-13(2)10-18(21,17(19)20)11-23(22)12-24-16-8-7-14-5-3-4-6-15(14)9-16/h3-9,13,21,23H,10-12H2,1-2H3,(H,19,20). The Hall–Kier alpha value is -1.29. The van der Waals surface area contributed by atoms with Gasteiger partial charge in [-0.05, 0) is 35.2 Å². The topological polar surface area (TPSA) is 74.6 Å². The van der Waals surface area contributed by atoms with E-state index in [2.05, 4.69) is 0 Å². The van der Waals surface area contributed by atoms with Gasteiger partial charge in [0.05, 0.1) is 7.80 Å². The van der Waals surface area contributed by atoms with Crippen LogP contribution in [0.5, 0.6) is 0 Å². The summed E-state index contributed by atoms with van der Waals surface area (Å²) >= 11 is 1.44. The second-order valence-electron chi connectivity index (χ2n) is 6.45. The number of carboxylic acid groups (broad SMARTS) is 1. The SMILES string of the molecule is CC(C)CC(O)(C[PH](=O)CSc1ccc2ccccc2c1)C(=O)O. The summed E-state index contributed by atoms with van der Waals surface area (Å²) in [6.07, 6.45) is -0.0643. The van der Waals surface area contributed by atoms with Gasteiger partial charge in [-0.1, -0.05) is 44.2 Å². The highest BCUT2D eigenvalue weighted by molar-refractivity contribution is 8.03. The fourth-order valence-electron chi connectivity index (χ4n) is 2.71. The van der Waals surface area contributed by atoms with Gasteiger partial charge in [0.2, 0.25) is 0 Å². The molecule has 0 fully saturated rings. The van der Waals surface area contributed by atoms with Crippen molar-refractivity contribution in [1.29, 1.82) is 0 Å². The van der Waals surface area contributed by atoms with E-state index < -0.39 is 19.4 Å². The van der Waals surface area contributed by atoms with E-state index in [9.17, 15) is 19.6 Å². The summed E-state index contributed by atoms with van der Waals surface area (Å²) in [6, 6.07) is 14.0. The van der Waals surface area contributed by atoms with E-state index in [1.807, 2.05) is 56.3 Å². The Morgan fingerprint density at radius 2 is 1.88 bits per heavy atom. The molecular weight excluding hydrogens is 343 g/mol. The van der Waals surface area contributed by atoms with Gasteiger partial charge in [-0.3, -0.25) is 0 Å². The zero-order valence-corrected chi connectivity index (χ0v) is 15.7. The van der Waals surface area contributed by atoms with E-state index in [1.54, 1.807) is 0 Å². The van der Waals surface area contributed by atoms with Crippen LogP contribution in [-0.4, -0.2) is 33.4 Å². The lowest BCUT2D eigenvalue weighted by atomic mass is 9.94. The molecule has 0 aromatic heterocycles. The van der Waals surface area contributed by atoms with Crippen molar-refractivity contribution in [3.8, 4) is 0 Å². The molecule has 2 unspecified atom stereocenters. The van der Waals surface area contributed by atoms with Crippen molar-refractivity contribution in [1.82, 2.24) is 0 Å². The number of benzene rings is 2. The molecule has 2 rings (SSSR count). The summed E-state index contributed by atoms with van der Waals surface area (Å²) < 4.78 is 12.3. The molecule has 0 saturated heterocycles. The first-order valence-corrected chi connectivity index (χ1v) is 10.7. The minimum absolute atomic E-state index is 0.0223. The summed E-state index contributed by atoms with van der Waals surface area (Å²) in [7, 11) is -2.20. The van der Waals surface area contributed by atoms with Crippen molar-refractivity contribution in [2.75, 3.05) is 11.7 Å². The second kappa shape index (κ2) is 8.19. The molecule has 2 aromatic carbocycles. The zero-order valence-electron chi connectivity index (χ0n) is 13.9. The van der Waals surface area contributed by atoms with Gasteiger partial charge in [0, 0.05) is 16.6 Å². The quantitative estimate of drug-likeness (QED) is 0.538. The summed E-state index contributed by atoms with van der Waals surface area (Å²) in [6.45, 7) is 3.68. The Morgan fingerprint density at radius 1 is 1.21 bits per heavy atom. The van der Waals surface area contributed by atoms with Gasteiger partial charge in [0.1, 0.15) is 0 Å². The van der Waals surface area contributed by atoms with Crippen molar-refractivity contribution in [3.63, 3.8) is 0 Å². The highest BCUT2D eigenvalue weighted by Gasteiger charge is 2.38. The van der Waals surface area contributed by atoms with Gasteiger partial charge in [-0.25, -0.2) is 4.79 Å². The van der Waals surface area contributed by atoms with Crippen LogP contribution in [0.3, 0.4) is 0 Å². The molecular formula is C18H23O4PS. The Kier molecular flexibility index (Phi) is 6.50. The van der Waals surface area contributed by atoms with Crippen LogP contribution in [0.2, 0.25) is 0 Å². The minimum Gasteiger partial charge on any atom is -0.479 e. The first-order valence-electron chi connectivity index (χ1n) is 7.89. The van der Waals surface area contributed by atoms with E-state index in [1.165, 1.54) is 11.8 Å². The van der Waals surface area contributed by atoms with Gasteiger partial charge < -0.3 is 14.8 Å². The fourth-order valence-corrected chi connectivity index (χ4v) is 5.75. The highest BCUT2D eigenvalue weighted by Crippen LogP contribution is 2.37. The van der Waals surface area contributed by atoms with Crippen LogP contribution in [0.4, 0.5) is 0 Å². The van der Waals surface area contributed by atoms with Crippen molar-refractivity contribution < 1.29 is 19.6 Å². The second-order valence-corrected chi connectivity index (χ2v) is 9.79. The summed E-state index contributed by atoms with van der Waals surface area (Å²) in [5, 5.41) is 21.8. The molecule has 0 spiro atoms. The van der Waals surface area contributed by atoms with Crippen LogP contribution in [-0.2, 0) is 9.36 Å². The summed E-state index contributed by atoms with van der Waals surface area (Å²) in [5.74, 6) is -1.26. The number of hydrogen-bond acceptors (Lipinski definition) is 4. The lowest BCUT2D eigenvalue weighted by Gasteiger charge is -2.24. The predicted molar refractivity (Wildman–Crippen MR) is 101 cm³/mol. The van der Waals surface area contributed by atoms with Crippen molar-refractivity contribution in [3.05, 3.63) is 42.5 Å². The molecule has 0 aliphatic carbocycles. The molecule has 0 bridgehead atoms. The first kappa shape index (κ1) is 19.0. The van der Waals surface area contributed by atoms with E-state index in [-0.39, 0.29) is 18.5 Å². The van der Waals surface area contributed by atoms with Crippen molar-refractivity contribution in [2.24, 2.45) is 5.92 Å². The van der Waals surface area contributed by atoms with E-state index in [0.29, 0.717) is 5.49 Å². The molecule has 0 saturated carbocycles. The lowest BCUT2D eigenvalue weighted by Crippen LogP contribution is -2.42. The molecule has 130 valence electrons. The smallest absolute Gasteiger partial charge is 0.336 e. The van der Waals surface area contributed by atoms with Gasteiger partial charge >= 0.3 is 5.97 Å². The first-order chi connectivity index (χ1) is 11.3. The van der Waals surface area contributed by atoms with Gasteiger partial charge in [0.15, 0.2) is 5.60 Å². The number of aliphatic hydroxyl groups is 1. The summed E-state index contributed by atoms with van der Waals surface area (Å²) in [4.78, 5) is 12.3. The van der Waals surface area contributed by atoms with Gasteiger partial charge in [-0.15, -0.1) is 11.8 Å². The lowest BCUT2D eigenvalue weighted by molar-refractivity contribution is -0.157. The van der Waals surface area contributed by atoms with Gasteiger partial charge in [0.25, 0.3) is 0 Å². The predicted octanol–water partition coefficient (Wildman–Crippen LogP) is 4.31. The minimum atomic E-state index is -2.20. The maximum absolute atomic E-state index is 12.3. The van der Waals surface area contributed by atoms with Crippen LogP contribution in [0.1, 0.15) is 20.3 Å². The zero-order chi connectivity index (χ0) is 17.7. The number of carbonyl (C=O) groups is 1. The van der Waals surface area contributed by atoms with Crippen LogP contribution < -0.4 is 0 Å². The highest BCUT2D eigenvalue weighted by atomic mass is 32.2. The number of rotatable bonds is 8. The third kappa shape index (κ3) is 5.10. The van der Waals surface area contributed by atoms with Crippen LogP contribution in [0, 0.1) is 5.92 Å². The average Bonchev–Trinajstić information content (AvgIpc) is 2.51. The molecule has 0 radical (unpaired) electrons. The number of fused-ring (bicyclic) bond motifs is 1. The van der Waals surface area contributed by atoms with Gasteiger partial charge in [-0.2, -0.15) is 0 Å². The number of carboxylic acids is 1. The molecule has 2 atom stereocenters. The maximum atomic E-state index is 12.3. The van der Waals surface area contributed by atoms with Crippen molar-refractivity contribution >= 4 is 36.3 Å². The maximum Gasteiger partial charge on any atom is 0.336 e. The third-order valence-electron chi connectivity index (χ3n) is 3.75. The largest absolute Gasteiger partial charge is 0.479 e. The Labute approximate surface area is 147 Å².